The maximum absolute atomic E-state index is 12.1. The van der Waals surface area contributed by atoms with Gasteiger partial charge in [-0.15, -0.1) is 0 Å². The quantitative estimate of drug-likeness (QED) is 0.643. The Kier molecular flexibility index (Phi) is 5.15. The van der Waals surface area contributed by atoms with Gasteiger partial charge in [-0.05, 0) is 40.5 Å². The molecule has 2 heterocycles. The summed E-state index contributed by atoms with van der Waals surface area (Å²) < 4.78 is 5.31. The smallest absolute Gasteiger partial charge is 0.246 e. The van der Waals surface area contributed by atoms with E-state index in [-0.39, 0.29) is 12.5 Å². The van der Waals surface area contributed by atoms with E-state index < -0.39 is 0 Å². The van der Waals surface area contributed by atoms with Crippen LogP contribution in [0.3, 0.4) is 0 Å². The first kappa shape index (κ1) is 16.9. The zero-order valence-electron chi connectivity index (χ0n) is 12.9. The molecule has 6 nitrogen and oxygen atoms in total. The number of nitrogens with one attached hydrogen (secondary N) is 1. The Morgan fingerprint density at radius 1 is 1.17 bits per heavy atom. The van der Waals surface area contributed by atoms with E-state index in [0.29, 0.717) is 12.2 Å². The highest BCUT2D eigenvalue weighted by molar-refractivity contribution is 9.10. The molecule has 1 amide bonds. The molecule has 3 rings (SSSR count). The highest BCUT2D eigenvalue weighted by Crippen LogP contribution is 2.14. The van der Waals surface area contributed by atoms with Crippen molar-refractivity contribution in [1.82, 2.24) is 19.6 Å². The highest BCUT2D eigenvalue weighted by atomic mass is 79.9. The Hall–Kier alpha value is -1.93. The fourth-order valence-corrected chi connectivity index (χ4v) is 2.79. The molecule has 1 aromatic carbocycles. The van der Waals surface area contributed by atoms with Crippen LogP contribution in [0.25, 0.3) is 0 Å². The Balaban J connectivity index is 1.59. The van der Waals surface area contributed by atoms with E-state index >= 15 is 0 Å². The van der Waals surface area contributed by atoms with Crippen molar-refractivity contribution in [2.45, 2.75) is 20.0 Å². The summed E-state index contributed by atoms with van der Waals surface area (Å²) in [7, 11) is 0. The van der Waals surface area contributed by atoms with E-state index in [2.05, 4.69) is 47.4 Å². The number of aryl methyl sites for hydroxylation is 1. The number of carbonyl (C=O) groups excluding carboxylic acids is 1. The standard InChI is InChI=1S/C16H15Br2N5O/c1-11-15(18)9-23(21-11)10-16(24)20-14-6-19-22(8-14)7-12-2-4-13(17)5-3-12/h2-6,8-9H,7,10H2,1H3,(H,20,24). The van der Waals surface area contributed by atoms with Gasteiger partial charge in [0.05, 0.1) is 28.6 Å². The van der Waals surface area contributed by atoms with Crippen molar-refractivity contribution in [1.29, 1.82) is 0 Å². The third kappa shape index (κ3) is 4.33. The van der Waals surface area contributed by atoms with Crippen LogP contribution < -0.4 is 5.32 Å². The van der Waals surface area contributed by atoms with Gasteiger partial charge in [0.2, 0.25) is 5.91 Å². The summed E-state index contributed by atoms with van der Waals surface area (Å²) in [6, 6.07) is 8.04. The Bertz CT molecular complexity index is 834. The summed E-state index contributed by atoms with van der Waals surface area (Å²) >= 11 is 6.80. The average Bonchev–Trinajstić information content (AvgIpc) is 3.08. The van der Waals surface area contributed by atoms with Gasteiger partial charge in [-0.3, -0.25) is 14.2 Å². The first-order valence-electron chi connectivity index (χ1n) is 7.26. The zero-order chi connectivity index (χ0) is 17.1. The molecule has 24 heavy (non-hydrogen) atoms. The molecule has 8 heteroatoms. The van der Waals surface area contributed by atoms with Crippen LogP contribution in [-0.2, 0) is 17.9 Å². The summed E-state index contributed by atoms with van der Waals surface area (Å²) in [6.07, 6.45) is 5.23. The molecule has 0 unspecified atom stereocenters. The highest BCUT2D eigenvalue weighted by Gasteiger charge is 2.08. The van der Waals surface area contributed by atoms with Crippen molar-refractivity contribution < 1.29 is 4.79 Å². The number of hydrogen-bond acceptors (Lipinski definition) is 3. The second-order valence-corrected chi connectivity index (χ2v) is 7.13. The summed E-state index contributed by atoms with van der Waals surface area (Å²) in [4.78, 5) is 12.1. The molecule has 0 aliphatic rings. The van der Waals surface area contributed by atoms with Crippen molar-refractivity contribution >= 4 is 43.5 Å². The number of nitrogens with zero attached hydrogens (tertiary/aromatic N) is 4. The fraction of sp³-hybridized carbons (Fsp3) is 0.188. The summed E-state index contributed by atoms with van der Waals surface area (Å²) in [6.45, 7) is 2.68. The molecule has 0 saturated carbocycles. The number of amides is 1. The van der Waals surface area contributed by atoms with Crippen LogP contribution in [0.15, 0.2) is 51.8 Å². The molecule has 0 aliphatic carbocycles. The van der Waals surface area contributed by atoms with Crippen LogP contribution in [0.5, 0.6) is 0 Å². The Morgan fingerprint density at radius 2 is 1.92 bits per heavy atom. The molecular formula is C16H15Br2N5O. The minimum absolute atomic E-state index is 0.145. The van der Waals surface area contributed by atoms with Crippen molar-refractivity contribution in [3.8, 4) is 0 Å². The minimum atomic E-state index is -0.145. The summed E-state index contributed by atoms with van der Waals surface area (Å²) in [5, 5.41) is 11.3. The number of anilines is 1. The van der Waals surface area contributed by atoms with Gasteiger partial charge in [0.25, 0.3) is 0 Å². The van der Waals surface area contributed by atoms with Gasteiger partial charge >= 0.3 is 0 Å². The SMILES string of the molecule is Cc1nn(CC(=O)Nc2cnn(Cc3ccc(Br)cc3)c2)cc1Br. The maximum atomic E-state index is 12.1. The first-order chi connectivity index (χ1) is 11.5. The molecule has 0 atom stereocenters. The Labute approximate surface area is 156 Å². The molecule has 0 fully saturated rings. The normalized spacial score (nSPS) is 10.8. The molecule has 0 saturated heterocycles. The van der Waals surface area contributed by atoms with Crippen molar-refractivity contribution in [3.05, 3.63) is 63.1 Å². The van der Waals surface area contributed by atoms with Crippen molar-refractivity contribution in [2.24, 2.45) is 0 Å². The molecule has 0 spiro atoms. The largest absolute Gasteiger partial charge is 0.322 e. The second-order valence-electron chi connectivity index (χ2n) is 5.36. The first-order valence-corrected chi connectivity index (χ1v) is 8.84. The molecule has 2 aromatic heterocycles. The van der Waals surface area contributed by atoms with Crippen LogP contribution in [0.4, 0.5) is 5.69 Å². The van der Waals surface area contributed by atoms with E-state index in [9.17, 15) is 4.79 Å². The van der Waals surface area contributed by atoms with Gasteiger partial charge in [0.1, 0.15) is 6.54 Å². The lowest BCUT2D eigenvalue weighted by atomic mass is 10.2. The minimum Gasteiger partial charge on any atom is -0.322 e. The molecule has 3 aromatic rings. The summed E-state index contributed by atoms with van der Waals surface area (Å²) in [5.74, 6) is -0.145. The predicted octanol–water partition coefficient (Wildman–Crippen LogP) is 3.60. The van der Waals surface area contributed by atoms with Gasteiger partial charge in [-0.2, -0.15) is 10.2 Å². The fourth-order valence-electron chi connectivity index (χ4n) is 2.21. The zero-order valence-corrected chi connectivity index (χ0v) is 16.1. The van der Waals surface area contributed by atoms with Gasteiger partial charge < -0.3 is 5.32 Å². The number of benzene rings is 1. The molecule has 1 N–H and O–H groups in total. The molecule has 124 valence electrons. The maximum Gasteiger partial charge on any atom is 0.246 e. The van der Waals surface area contributed by atoms with Crippen molar-refractivity contribution in [3.63, 3.8) is 0 Å². The third-order valence-electron chi connectivity index (χ3n) is 3.37. The van der Waals surface area contributed by atoms with Gasteiger partial charge in [0.15, 0.2) is 0 Å². The van der Waals surface area contributed by atoms with E-state index in [1.807, 2.05) is 37.4 Å². The van der Waals surface area contributed by atoms with Crippen molar-refractivity contribution in [2.75, 3.05) is 5.32 Å². The lowest BCUT2D eigenvalue weighted by molar-refractivity contribution is -0.116. The number of hydrogen-bond donors (Lipinski definition) is 1. The van der Waals surface area contributed by atoms with Crippen LogP contribution in [0, 0.1) is 6.92 Å². The van der Waals surface area contributed by atoms with E-state index in [1.54, 1.807) is 21.8 Å². The van der Waals surface area contributed by atoms with Crippen LogP contribution in [0.1, 0.15) is 11.3 Å². The number of aromatic nitrogens is 4. The number of carbonyl (C=O) groups is 1. The van der Waals surface area contributed by atoms with E-state index in [0.717, 1.165) is 20.2 Å². The summed E-state index contributed by atoms with van der Waals surface area (Å²) in [5.41, 5.74) is 2.65. The topological polar surface area (TPSA) is 64.7 Å². The average molecular weight is 453 g/mol. The molecule has 0 radical (unpaired) electrons. The van der Waals surface area contributed by atoms with E-state index in [4.69, 9.17) is 0 Å². The predicted molar refractivity (Wildman–Crippen MR) is 98.8 cm³/mol. The monoisotopic (exact) mass is 451 g/mol. The molecule has 0 bridgehead atoms. The van der Waals surface area contributed by atoms with E-state index in [1.165, 1.54) is 0 Å². The van der Waals surface area contributed by atoms with Gasteiger partial charge in [0, 0.05) is 16.9 Å². The number of halogens is 2. The van der Waals surface area contributed by atoms with Gasteiger partial charge in [-0.1, -0.05) is 28.1 Å². The second kappa shape index (κ2) is 7.31. The molecule has 0 aliphatic heterocycles. The van der Waals surface area contributed by atoms with Crippen LogP contribution in [-0.4, -0.2) is 25.5 Å². The lowest BCUT2D eigenvalue weighted by Crippen LogP contribution is -2.18. The van der Waals surface area contributed by atoms with Crippen LogP contribution in [0.2, 0.25) is 0 Å². The van der Waals surface area contributed by atoms with Crippen LogP contribution >= 0.6 is 31.9 Å². The molecular weight excluding hydrogens is 438 g/mol. The number of rotatable bonds is 5. The van der Waals surface area contributed by atoms with Gasteiger partial charge in [-0.25, -0.2) is 0 Å². The third-order valence-corrected chi connectivity index (χ3v) is 4.67. The lowest BCUT2D eigenvalue weighted by Gasteiger charge is -2.03. The Morgan fingerprint density at radius 3 is 2.58 bits per heavy atom.